The highest BCUT2D eigenvalue weighted by molar-refractivity contribution is 5.79. The molecule has 1 aromatic carbocycles. The normalized spacial score (nSPS) is 12.2. The minimum atomic E-state index is -4.35. The van der Waals surface area contributed by atoms with Crippen molar-refractivity contribution in [1.29, 1.82) is 0 Å². The number of alkyl halides is 3. The molecule has 0 radical (unpaired) electrons. The molecule has 0 atom stereocenters. The van der Waals surface area contributed by atoms with Gasteiger partial charge in [0.2, 0.25) is 0 Å². The van der Waals surface area contributed by atoms with Gasteiger partial charge in [-0.25, -0.2) is 0 Å². The topological polar surface area (TPSA) is 43.8 Å². The monoisotopic (exact) mass is 201 g/mol. The number of fused-ring (bicyclic) bond motifs is 1. The third-order valence-corrected chi connectivity index (χ3v) is 1.93. The van der Waals surface area contributed by atoms with Crippen molar-refractivity contribution in [3.8, 4) is 0 Å². The van der Waals surface area contributed by atoms with E-state index in [2.05, 4.69) is 5.10 Å². The van der Waals surface area contributed by atoms with Crippen LogP contribution in [0.15, 0.2) is 24.4 Å². The number of aromatic nitrogens is 2. The third kappa shape index (κ3) is 1.28. The molecular weight excluding hydrogens is 195 g/mol. The lowest BCUT2D eigenvalue weighted by Gasteiger charge is -2.05. The molecule has 0 aliphatic carbocycles. The van der Waals surface area contributed by atoms with Gasteiger partial charge in [0, 0.05) is 5.39 Å². The summed E-state index contributed by atoms with van der Waals surface area (Å²) in [6.45, 7) is 0. The lowest BCUT2D eigenvalue weighted by Crippen LogP contribution is -2.10. The van der Waals surface area contributed by atoms with Gasteiger partial charge < -0.3 is 5.84 Å². The van der Waals surface area contributed by atoms with Crippen molar-refractivity contribution in [3.63, 3.8) is 0 Å². The van der Waals surface area contributed by atoms with Gasteiger partial charge in [-0.2, -0.15) is 23.1 Å². The summed E-state index contributed by atoms with van der Waals surface area (Å²) < 4.78 is 36.8. The molecule has 0 saturated heterocycles. The van der Waals surface area contributed by atoms with Crippen LogP contribution in [-0.2, 0) is 6.18 Å². The second kappa shape index (κ2) is 2.63. The van der Waals surface area contributed by atoms with Crippen LogP contribution >= 0.6 is 0 Å². The molecule has 0 aliphatic heterocycles. The van der Waals surface area contributed by atoms with Crippen LogP contribution in [0.4, 0.5) is 13.2 Å². The summed E-state index contributed by atoms with van der Waals surface area (Å²) >= 11 is 0. The van der Waals surface area contributed by atoms with Crippen LogP contribution in [0.3, 0.4) is 0 Å². The minimum absolute atomic E-state index is 0.264. The zero-order valence-corrected chi connectivity index (χ0v) is 6.92. The van der Waals surface area contributed by atoms with Gasteiger partial charge >= 0.3 is 6.18 Å². The van der Waals surface area contributed by atoms with Crippen LogP contribution in [0.25, 0.3) is 10.9 Å². The number of hydrogen-bond donors (Lipinski definition) is 1. The highest BCUT2D eigenvalue weighted by Crippen LogP contribution is 2.30. The van der Waals surface area contributed by atoms with Gasteiger partial charge in [0.1, 0.15) is 0 Å². The van der Waals surface area contributed by atoms with Gasteiger partial charge in [-0.1, -0.05) is 6.07 Å². The second-order valence-corrected chi connectivity index (χ2v) is 2.86. The van der Waals surface area contributed by atoms with E-state index in [1.807, 2.05) is 0 Å². The number of nitrogens with zero attached hydrogens (tertiary/aromatic N) is 2. The fourth-order valence-corrected chi connectivity index (χ4v) is 1.21. The summed E-state index contributed by atoms with van der Waals surface area (Å²) in [6, 6.07) is 3.32. The zero-order valence-electron chi connectivity index (χ0n) is 6.92. The summed E-state index contributed by atoms with van der Waals surface area (Å²) in [5.74, 6) is 5.33. The first-order chi connectivity index (χ1) is 6.48. The van der Waals surface area contributed by atoms with Crippen molar-refractivity contribution in [2.45, 2.75) is 6.18 Å². The maximum absolute atomic E-state index is 12.3. The maximum Gasteiger partial charge on any atom is 0.416 e. The molecule has 0 amide bonds. The molecule has 0 spiro atoms. The molecule has 2 aromatic rings. The summed E-state index contributed by atoms with van der Waals surface area (Å²) in [5, 5.41) is 4.23. The second-order valence-electron chi connectivity index (χ2n) is 2.86. The van der Waals surface area contributed by atoms with Gasteiger partial charge in [0.15, 0.2) is 0 Å². The molecule has 0 aliphatic rings. The van der Waals surface area contributed by atoms with Gasteiger partial charge in [0.25, 0.3) is 0 Å². The van der Waals surface area contributed by atoms with Crippen LogP contribution in [0.2, 0.25) is 0 Å². The van der Waals surface area contributed by atoms with E-state index in [4.69, 9.17) is 5.84 Å². The largest absolute Gasteiger partial charge is 0.416 e. The van der Waals surface area contributed by atoms with E-state index < -0.39 is 11.7 Å². The van der Waals surface area contributed by atoms with Crippen molar-refractivity contribution in [2.75, 3.05) is 5.84 Å². The summed E-state index contributed by atoms with van der Waals surface area (Å²) in [4.78, 5) is 0.921. The Morgan fingerprint density at radius 1 is 1.29 bits per heavy atom. The van der Waals surface area contributed by atoms with Crippen LogP contribution < -0.4 is 5.84 Å². The Morgan fingerprint density at radius 3 is 2.64 bits per heavy atom. The molecule has 6 heteroatoms. The number of nitrogen functional groups attached to an aromatic ring is 1. The Hall–Kier alpha value is -1.72. The Kier molecular flexibility index (Phi) is 1.67. The average molecular weight is 201 g/mol. The van der Waals surface area contributed by atoms with E-state index in [1.54, 1.807) is 0 Å². The third-order valence-electron chi connectivity index (χ3n) is 1.93. The Morgan fingerprint density at radius 2 is 2.00 bits per heavy atom. The molecule has 74 valence electrons. The van der Waals surface area contributed by atoms with Crippen LogP contribution in [0.5, 0.6) is 0 Å². The van der Waals surface area contributed by atoms with Crippen molar-refractivity contribution < 1.29 is 13.2 Å². The highest BCUT2D eigenvalue weighted by Gasteiger charge is 2.30. The van der Waals surface area contributed by atoms with Gasteiger partial charge in [-0.3, -0.25) is 0 Å². The highest BCUT2D eigenvalue weighted by atomic mass is 19.4. The Balaban J connectivity index is 2.66. The number of hydrogen-bond acceptors (Lipinski definition) is 2. The Labute approximate surface area is 76.9 Å². The quantitative estimate of drug-likeness (QED) is 0.660. The van der Waals surface area contributed by atoms with Crippen molar-refractivity contribution in [2.24, 2.45) is 0 Å². The minimum Gasteiger partial charge on any atom is -0.323 e. The van der Waals surface area contributed by atoms with E-state index >= 15 is 0 Å². The molecule has 0 unspecified atom stereocenters. The lowest BCUT2D eigenvalue weighted by atomic mass is 10.1. The molecule has 0 bridgehead atoms. The SMILES string of the molecule is Nn1ncc2ccc(C(F)(F)F)cc21. The summed E-state index contributed by atoms with van der Waals surface area (Å²) in [7, 11) is 0. The molecule has 2 N–H and O–H groups in total. The molecule has 0 saturated carbocycles. The van der Waals surface area contributed by atoms with Crippen LogP contribution in [0, 0.1) is 0 Å². The molecular formula is C8H6F3N3. The van der Waals surface area contributed by atoms with E-state index in [0.29, 0.717) is 5.39 Å². The average Bonchev–Trinajstić information content (AvgIpc) is 2.46. The fraction of sp³-hybridized carbons (Fsp3) is 0.125. The summed E-state index contributed by atoms with van der Waals surface area (Å²) in [6.07, 6.45) is -2.94. The number of benzene rings is 1. The maximum atomic E-state index is 12.3. The van der Waals surface area contributed by atoms with Gasteiger partial charge in [0.05, 0.1) is 17.3 Å². The first-order valence-corrected chi connectivity index (χ1v) is 3.78. The molecule has 1 heterocycles. The zero-order chi connectivity index (χ0) is 10.3. The Bertz CT molecular complexity index is 472. The lowest BCUT2D eigenvalue weighted by molar-refractivity contribution is -0.137. The molecule has 2 rings (SSSR count). The molecule has 1 aromatic heterocycles. The first-order valence-electron chi connectivity index (χ1n) is 3.78. The van der Waals surface area contributed by atoms with E-state index in [0.717, 1.165) is 16.9 Å². The smallest absolute Gasteiger partial charge is 0.323 e. The van der Waals surface area contributed by atoms with Crippen molar-refractivity contribution in [3.05, 3.63) is 30.0 Å². The predicted octanol–water partition coefficient (Wildman–Crippen LogP) is 1.77. The number of nitrogens with two attached hydrogens (primary N) is 1. The van der Waals surface area contributed by atoms with Gasteiger partial charge in [-0.15, -0.1) is 0 Å². The molecule has 14 heavy (non-hydrogen) atoms. The first kappa shape index (κ1) is 8.86. The molecule has 3 nitrogen and oxygen atoms in total. The van der Waals surface area contributed by atoms with Crippen LogP contribution in [0.1, 0.15) is 5.56 Å². The van der Waals surface area contributed by atoms with E-state index in [1.165, 1.54) is 12.3 Å². The predicted molar refractivity (Wildman–Crippen MR) is 44.9 cm³/mol. The van der Waals surface area contributed by atoms with E-state index in [9.17, 15) is 13.2 Å². The van der Waals surface area contributed by atoms with Crippen molar-refractivity contribution in [1.82, 2.24) is 9.89 Å². The van der Waals surface area contributed by atoms with Gasteiger partial charge in [-0.05, 0) is 12.1 Å². The fourth-order valence-electron chi connectivity index (χ4n) is 1.21. The van der Waals surface area contributed by atoms with Crippen LogP contribution in [-0.4, -0.2) is 9.89 Å². The number of halogens is 3. The summed E-state index contributed by atoms with van der Waals surface area (Å²) in [5.41, 5.74) is -0.461. The number of rotatable bonds is 0. The standard InChI is InChI=1S/C8H6F3N3/c9-8(10,11)6-2-1-5-4-13-14(12)7(5)3-6/h1-4H,12H2. The molecule has 0 fully saturated rings. The van der Waals surface area contributed by atoms with E-state index in [-0.39, 0.29) is 5.52 Å². The van der Waals surface area contributed by atoms with Crippen molar-refractivity contribution >= 4 is 10.9 Å².